The molecule has 11 nitrogen and oxygen atoms in total. The number of nitrogen functional groups attached to an aromatic ring is 1. The van der Waals surface area contributed by atoms with Crippen molar-refractivity contribution in [1.82, 2.24) is 19.5 Å². The Kier molecular flexibility index (Phi) is 4.80. The number of aromatic nitrogens is 4. The van der Waals surface area contributed by atoms with Crippen LogP contribution in [0.5, 0.6) is 0 Å². The molecule has 1 fully saturated rings. The first-order chi connectivity index (χ1) is 11.3. The van der Waals surface area contributed by atoms with E-state index in [1.54, 1.807) is 4.57 Å². The molecular formula is C11H16N5O6PS. The molecule has 2 aromatic rings. The summed E-state index contributed by atoms with van der Waals surface area (Å²) in [6.45, 7) is -0.335. The number of fused-ring (bicyclic) bond motifs is 1. The average Bonchev–Trinajstić information content (AvgIpc) is 3.06. The second kappa shape index (κ2) is 6.56. The van der Waals surface area contributed by atoms with E-state index < -0.39 is 31.5 Å². The van der Waals surface area contributed by atoms with E-state index in [0.29, 0.717) is 11.2 Å². The van der Waals surface area contributed by atoms with Crippen LogP contribution in [0.15, 0.2) is 12.7 Å². The smallest absolute Gasteiger partial charge is 0.382 e. The van der Waals surface area contributed by atoms with Gasteiger partial charge in [0.1, 0.15) is 17.9 Å². The maximum absolute atomic E-state index is 10.9. The zero-order valence-corrected chi connectivity index (χ0v) is 14.2. The molecule has 1 aliphatic rings. The number of nitrogens with zero attached hydrogens (tertiary/aromatic N) is 4. The van der Waals surface area contributed by atoms with Crippen LogP contribution in [0.25, 0.3) is 11.2 Å². The molecule has 1 saturated heterocycles. The summed E-state index contributed by atoms with van der Waals surface area (Å²) >= 11 is 4.42. The largest absolute Gasteiger partial charge is 0.469 e. The van der Waals surface area contributed by atoms with Gasteiger partial charge in [-0.1, -0.05) is 0 Å². The number of anilines is 1. The molecule has 0 spiro atoms. The number of phosphoric ester groups is 1. The van der Waals surface area contributed by atoms with Crippen LogP contribution in [0.4, 0.5) is 5.82 Å². The highest BCUT2D eigenvalue weighted by Gasteiger charge is 2.45. The molecule has 3 rings (SSSR count). The van der Waals surface area contributed by atoms with Crippen molar-refractivity contribution in [1.29, 1.82) is 0 Å². The van der Waals surface area contributed by atoms with Crippen molar-refractivity contribution in [2.45, 2.75) is 23.7 Å². The fraction of sp³-hybridized carbons (Fsp3) is 0.545. The molecule has 0 aliphatic carbocycles. The van der Waals surface area contributed by atoms with Crippen LogP contribution in [0.1, 0.15) is 6.23 Å². The number of thiol groups is 1. The monoisotopic (exact) mass is 377 g/mol. The van der Waals surface area contributed by atoms with E-state index in [4.69, 9.17) is 25.0 Å². The van der Waals surface area contributed by atoms with Crippen LogP contribution in [0, 0.1) is 0 Å². The number of methoxy groups -OCH3 is 1. The van der Waals surface area contributed by atoms with Crippen molar-refractivity contribution < 1.29 is 28.3 Å². The summed E-state index contributed by atoms with van der Waals surface area (Å²) in [7, 11) is -3.12. The van der Waals surface area contributed by atoms with E-state index in [-0.39, 0.29) is 12.4 Å². The fourth-order valence-corrected chi connectivity index (χ4v) is 3.33. The van der Waals surface area contributed by atoms with E-state index in [1.807, 2.05) is 0 Å². The van der Waals surface area contributed by atoms with Gasteiger partial charge in [-0.3, -0.25) is 9.09 Å². The molecule has 132 valence electrons. The second-order valence-electron chi connectivity index (χ2n) is 5.13. The Morgan fingerprint density at radius 2 is 2.21 bits per heavy atom. The SMILES string of the molecule is CO[C@H]1[C@@H](S)[C@@H](COP(=O)(O)O)O[C@H]1n1cnc2c(N)ncnc21. The number of phosphoric acid groups is 1. The maximum atomic E-state index is 10.9. The van der Waals surface area contributed by atoms with Crippen molar-refractivity contribution in [3.8, 4) is 0 Å². The number of hydrogen-bond donors (Lipinski definition) is 4. The number of nitrogens with two attached hydrogens (primary N) is 1. The molecule has 1 aliphatic heterocycles. The molecule has 13 heteroatoms. The standard InChI is InChI=1S/C11H16N5O6PS/c1-20-7-8(24)5(2-21-23(17,18)19)22-11(7)16-4-15-6-9(12)13-3-14-10(6)16/h3-5,7-8,11,24H,2H2,1H3,(H2,12,13,14)(H2,17,18,19)/t5-,7+,8+,11-/m1/s1. The summed E-state index contributed by atoms with van der Waals surface area (Å²) in [5, 5.41) is -0.483. The van der Waals surface area contributed by atoms with Crippen LogP contribution in [-0.2, 0) is 18.6 Å². The molecule has 0 amide bonds. The minimum atomic E-state index is -4.61. The minimum absolute atomic E-state index is 0.231. The van der Waals surface area contributed by atoms with Gasteiger partial charge < -0.3 is 25.0 Å². The molecule has 4 N–H and O–H groups in total. The Hall–Kier alpha value is -1.27. The number of imidazole rings is 1. The molecule has 3 heterocycles. The molecule has 0 bridgehead atoms. The summed E-state index contributed by atoms with van der Waals surface area (Å²) in [6.07, 6.45) is 0.903. The molecule has 2 aromatic heterocycles. The lowest BCUT2D eigenvalue weighted by atomic mass is 10.2. The fourth-order valence-electron chi connectivity index (χ4n) is 2.56. The van der Waals surface area contributed by atoms with Crippen LogP contribution in [0.2, 0.25) is 0 Å². The predicted molar refractivity (Wildman–Crippen MR) is 85.2 cm³/mol. The number of rotatable bonds is 5. The van der Waals surface area contributed by atoms with Gasteiger partial charge in [0.05, 0.1) is 24.3 Å². The van der Waals surface area contributed by atoms with Gasteiger partial charge in [0, 0.05) is 7.11 Å². The van der Waals surface area contributed by atoms with E-state index in [1.165, 1.54) is 19.8 Å². The third kappa shape index (κ3) is 3.26. The lowest BCUT2D eigenvalue weighted by molar-refractivity contribution is -0.0578. The minimum Gasteiger partial charge on any atom is -0.382 e. The zero-order valence-electron chi connectivity index (χ0n) is 12.5. The van der Waals surface area contributed by atoms with Crippen LogP contribution in [0.3, 0.4) is 0 Å². The normalized spacial score (nSPS) is 27.8. The zero-order chi connectivity index (χ0) is 17.5. The molecule has 4 atom stereocenters. The van der Waals surface area contributed by atoms with Gasteiger partial charge in [-0.05, 0) is 0 Å². The van der Waals surface area contributed by atoms with E-state index in [9.17, 15) is 4.57 Å². The molecule has 0 aromatic carbocycles. The first-order valence-electron chi connectivity index (χ1n) is 6.81. The van der Waals surface area contributed by atoms with Gasteiger partial charge in [-0.2, -0.15) is 12.6 Å². The van der Waals surface area contributed by atoms with Gasteiger partial charge in [-0.25, -0.2) is 19.5 Å². The highest BCUT2D eigenvalue weighted by Crippen LogP contribution is 2.40. The first-order valence-corrected chi connectivity index (χ1v) is 8.86. The van der Waals surface area contributed by atoms with Crippen molar-refractivity contribution in [2.75, 3.05) is 19.5 Å². The highest BCUT2D eigenvalue weighted by molar-refractivity contribution is 7.81. The molecule has 0 radical (unpaired) electrons. The summed E-state index contributed by atoms with van der Waals surface area (Å²) in [6, 6.07) is 0. The quantitative estimate of drug-likeness (QED) is 0.404. The maximum Gasteiger partial charge on any atom is 0.469 e. The molecule has 24 heavy (non-hydrogen) atoms. The van der Waals surface area contributed by atoms with Gasteiger partial charge in [0.25, 0.3) is 0 Å². The third-order valence-corrected chi connectivity index (χ3v) is 4.76. The molecule has 0 unspecified atom stereocenters. The predicted octanol–water partition coefficient (Wildman–Crippen LogP) is -0.271. The Balaban J connectivity index is 1.89. The van der Waals surface area contributed by atoms with Crippen molar-refractivity contribution in [3.05, 3.63) is 12.7 Å². The van der Waals surface area contributed by atoms with Gasteiger partial charge in [-0.15, -0.1) is 0 Å². The Morgan fingerprint density at radius 1 is 1.46 bits per heavy atom. The average molecular weight is 377 g/mol. The van der Waals surface area contributed by atoms with Crippen LogP contribution in [-0.4, -0.2) is 60.5 Å². The summed E-state index contributed by atoms with van der Waals surface area (Å²) in [5.74, 6) is 0.231. The summed E-state index contributed by atoms with van der Waals surface area (Å²) < 4.78 is 28.3. The van der Waals surface area contributed by atoms with Crippen molar-refractivity contribution >= 4 is 37.4 Å². The van der Waals surface area contributed by atoms with E-state index >= 15 is 0 Å². The Bertz CT molecular complexity index is 783. The topological polar surface area (TPSA) is 155 Å². The van der Waals surface area contributed by atoms with Gasteiger partial charge in [0.15, 0.2) is 17.7 Å². The van der Waals surface area contributed by atoms with E-state index in [2.05, 4.69) is 32.1 Å². The second-order valence-corrected chi connectivity index (χ2v) is 6.96. The van der Waals surface area contributed by atoms with Gasteiger partial charge >= 0.3 is 7.82 Å². The lowest BCUT2D eigenvalue weighted by Gasteiger charge is -2.20. The van der Waals surface area contributed by atoms with Crippen molar-refractivity contribution in [3.63, 3.8) is 0 Å². The lowest BCUT2D eigenvalue weighted by Crippen LogP contribution is -2.31. The van der Waals surface area contributed by atoms with Gasteiger partial charge in [0.2, 0.25) is 0 Å². The third-order valence-electron chi connectivity index (χ3n) is 3.65. The van der Waals surface area contributed by atoms with Crippen molar-refractivity contribution in [2.24, 2.45) is 0 Å². The Labute approximate surface area is 141 Å². The first kappa shape index (κ1) is 17.5. The number of hydrogen-bond acceptors (Lipinski definition) is 9. The van der Waals surface area contributed by atoms with Crippen LogP contribution >= 0.6 is 20.5 Å². The van der Waals surface area contributed by atoms with Crippen LogP contribution < -0.4 is 5.73 Å². The van der Waals surface area contributed by atoms with E-state index in [0.717, 1.165) is 0 Å². The Morgan fingerprint density at radius 3 is 2.88 bits per heavy atom. The highest BCUT2D eigenvalue weighted by atomic mass is 32.1. The number of ether oxygens (including phenoxy) is 2. The molecule has 0 saturated carbocycles. The molecular weight excluding hydrogens is 361 g/mol. The summed E-state index contributed by atoms with van der Waals surface area (Å²) in [5.41, 5.74) is 6.63. The summed E-state index contributed by atoms with van der Waals surface area (Å²) in [4.78, 5) is 29.9.